The lowest BCUT2D eigenvalue weighted by Crippen LogP contribution is -2.12. The van der Waals surface area contributed by atoms with Crippen LogP contribution in [0.5, 0.6) is 5.75 Å². The predicted octanol–water partition coefficient (Wildman–Crippen LogP) is 2.98. The van der Waals surface area contributed by atoms with Gasteiger partial charge in [0, 0.05) is 5.02 Å². The van der Waals surface area contributed by atoms with Gasteiger partial charge in [-0.1, -0.05) is 17.7 Å². The number of anilines is 1. The van der Waals surface area contributed by atoms with Crippen molar-refractivity contribution in [1.82, 2.24) is 0 Å². The maximum Gasteiger partial charge on any atom is 0.252 e. The molecule has 0 saturated carbocycles. The van der Waals surface area contributed by atoms with Crippen LogP contribution in [0.25, 0.3) is 0 Å². The normalized spacial score (nSPS) is 11.2. The van der Waals surface area contributed by atoms with Gasteiger partial charge in [-0.15, -0.1) is 0 Å². The number of phenols is 1. The van der Waals surface area contributed by atoms with Crippen molar-refractivity contribution in [3.63, 3.8) is 0 Å². The van der Waals surface area contributed by atoms with Crippen LogP contribution in [0.4, 0.5) is 5.69 Å². The standard InChI is InChI=1S/C15H14ClN3O2/c1-9(18-19-12-4-2-3-11(16)8-12)10-5-6-14(20)13(7-10)15(17)21/h2-8,19-20H,1H3,(H2,17,21). The van der Waals surface area contributed by atoms with Crippen LogP contribution in [0.2, 0.25) is 5.02 Å². The SMILES string of the molecule is CC(=NNc1cccc(Cl)c1)c1ccc(O)c(C(N)=O)c1. The van der Waals surface area contributed by atoms with Crippen LogP contribution in [0, 0.1) is 0 Å². The predicted molar refractivity (Wildman–Crippen MR) is 83.9 cm³/mol. The number of nitrogens with zero attached hydrogens (tertiary/aromatic N) is 1. The zero-order valence-electron chi connectivity index (χ0n) is 11.3. The van der Waals surface area contributed by atoms with Gasteiger partial charge in [0.15, 0.2) is 0 Å². The van der Waals surface area contributed by atoms with E-state index in [1.807, 2.05) is 6.07 Å². The maximum atomic E-state index is 11.2. The lowest BCUT2D eigenvalue weighted by Gasteiger charge is -2.06. The molecule has 108 valence electrons. The van der Waals surface area contributed by atoms with E-state index in [2.05, 4.69) is 10.5 Å². The largest absolute Gasteiger partial charge is 0.507 e. The number of carbonyl (C=O) groups is 1. The number of amides is 1. The summed E-state index contributed by atoms with van der Waals surface area (Å²) in [5, 5.41) is 14.4. The number of nitrogens with one attached hydrogen (secondary N) is 1. The molecule has 0 atom stereocenters. The summed E-state index contributed by atoms with van der Waals surface area (Å²) in [6.45, 7) is 1.77. The smallest absolute Gasteiger partial charge is 0.252 e. The molecule has 0 aliphatic heterocycles. The van der Waals surface area contributed by atoms with Crippen molar-refractivity contribution >= 4 is 28.9 Å². The van der Waals surface area contributed by atoms with Gasteiger partial charge in [-0.25, -0.2) is 0 Å². The second-order valence-corrected chi connectivity index (χ2v) is 4.85. The Hall–Kier alpha value is -2.53. The molecule has 0 aromatic heterocycles. The highest BCUT2D eigenvalue weighted by molar-refractivity contribution is 6.30. The Balaban J connectivity index is 2.23. The summed E-state index contributed by atoms with van der Waals surface area (Å²) in [7, 11) is 0. The van der Waals surface area contributed by atoms with Gasteiger partial charge in [-0.3, -0.25) is 10.2 Å². The average molecular weight is 304 g/mol. The summed E-state index contributed by atoms with van der Waals surface area (Å²) in [4.78, 5) is 11.2. The van der Waals surface area contributed by atoms with Crippen LogP contribution in [-0.4, -0.2) is 16.7 Å². The highest BCUT2D eigenvalue weighted by Gasteiger charge is 2.09. The lowest BCUT2D eigenvalue weighted by atomic mass is 10.1. The maximum absolute atomic E-state index is 11.2. The van der Waals surface area contributed by atoms with Gasteiger partial charge < -0.3 is 10.8 Å². The van der Waals surface area contributed by atoms with Crippen molar-refractivity contribution in [3.05, 3.63) is 58.6 Å². The van der Waals surface area contributed by atoms with Gasteiger partial charge in [-0.05, 0) is 48.9 Å². The third-order valence-electron chi connectivity index (χ3n) is 2.86. The van der Waals surface area contributed by atoms with Crippen molar-refractivity contribution in [2.45, 2.75) is 6.92 Å². The van der Waals surface area contributed by atoms with Gasteiger partial charge in [0.2, 0.25) is 0 Å². The molecule has 0 spiro atoms. The molecular weight excluding hydrogens is 290 g/mol. The number of rotatable bonds is 4. The Morgan fingerprint density at radius 2 is 2.05 bits per heavy atom. The highest BCUT2D eigenvalue weighted by atomic mass is 35.5. The minimum absolute atomic E-state index is 0.0600. The molecule has 0 fully saturated rings. The van der Waals surface area contributed by atoms with Crippen molar-refractivity contribution in [1.29, 1.82) is 0 Å². The molecular formula is C15H14ClN3O2. The number of aromatic hydroxyl groups is 1. The van der Waals surface area contributed by atoms with E-state index in [9.17, 15) is 9.90 Å². The third-order valence-corrected chi connectivity index (χ3v) is 3.09. The summed E-state index contributed by atoms with van der Waals surface area (Å²) in [5.41, 5.74) is 10.2. The topological polar surface area (TPSA) is 87.7 Å². The summed E-state index contributed by atoms with van der Waals surface area (Å²) < 4.78 is 0. The van der Waals surface area contributed by atoms with Crippen molar-refractivity contribution in [2.75, 3.05) is 5.43 Å². The number of hydrogen-bond acceptors (Lipinski definition) is 4. The molecule has 0 saturated heterocycles. The minimum atomic E-state index is -0.690. The molecule has 0 radical (unpaired) electrons. The van der Waals surface area contributed by atoms with Crippen LogP contribution < -0.4 is 11.2 Å². The fraction of sp³-hybridized carbons (Fsp3) is 0.0667. The van der Waals surface area contributed by atoms with Gasteiger partial charge in [0.25, 0.3) is 5.91 Å². The Bertz CT molecular complexity index is 714. The quantitative estimate of drug-likeness (QED) is 0.599. The molecule has 0 aliphatic rings. The Labute approximate surface area is 127 Å². The molecule has 6 heteroatoms. The molecule has 2 aromatic rings. The zero-order valence-corrected chi connectivity index (χ0v) is 12.1. The van der Waals surface area contributed by atoms with Crippen molar-refractivity contribution in [2.24, 2.45) is 10.8 Å². The number of primary amides is 1. The van der Waals surface area contributed by atoms with Crippen LogP contribution in [0.1, 0.15) is 22.8 Å². The monoisotopic (exact) mass is 303 g/mol. The van der Waals surface area contributed by atoms with E-state index in [0.717, 1.165) is 5.69 Å². The van der Waals surface area contributed by atoms with Gasteiger partial charge in [-0.2, -0.15) is 5.10 Å². The summed E-state index contributed by atoms with van der Waals surface area (Å²) >= 11 is 5.88. The molecule has 0 bridgehead atoms. The molecule has 0 heterocycles. The number of halogens is 1. The average Bonchev–Trinajstić information content (AvgIpc) is 2.45. The van der Waals surface area contributed by atoms with Crippen LogP contribution in [0.15, 0.2) is 47.6 Å². The van der Waals surface area contributed by atoms with Gasteiger partial charge in [0.1, 0.15) is 5.75 Å². The molecule has 0 unspecified atom stereocenters. The molecule has 21 heavy (non-hydrogen) atoms. The fourth-order valence-electron chi connectivity index (χ4n) is 1.73. The van der Waals surface area contributed by atoms with E-state index in [0.29, 0.717) is 16.3 Å². The summed E-state index contributed by atoms with van der Waals surface area (Å²) in [6, 6.07) is 11.7. The van der Waals surface area contributed by atoms with E-state index in [1.54, 1.807) is 31.2 Å². The summed E-state index contributed by atoms with van der Waals surface area (Å²) in [6.07, 6.45) is 0. The summed E-state index contributed by atoms with van der Waals surface area (Å²) in [5.74, 6) is -0.841. The number of benzene rings is 2. The van der Waals surface area contributed by atoms with Crippen LogP contribution in [0.3, 0.4) is 0 Å². The Morgan fingerprint density at radius 1 is 1.29 bits per heavy atom. The van der Waals surface area contributed by atoms with Crippen molar-refractivity contribution < 1.29 is 9.90 Å². The first kappa shape index (κ1) is 14.9. The second-order valence-electron chi connectivity index (χ2n) is 4.42. The molecule has 5 nitrogen and oxygen atoms in total. The number of hydrazone groups is 1. The molecule has 1 amide bonds. The van der Waals surface area contributed by atoms with E-state index in [1.165, 1.54) is 12.1 Å². The minimum Gasteiger partial charge on any atom is -0.507 e. The first-order chi connectivity index (χ1) is 9.97. The fourth-order valence-corrected chi connectivity index (χ4v) is 1.92. The van der Waals surface area contributed by atoms with E-state index < -0.39 is 5.91 Å². The van der Waals surface area contributed by atoms with E-state index in [-0.39, 0.29) is 11.3 Å². The number of nitrogens with two attached hydrogens (primary N) is 1. The van der Waals surface area contributed by atoms with E-state index in [4.69, 9.17) is 17.3 Å². The van der Waals surface area contributed by atoms with Crippen LogP contribution >= 0.6 is 11.6 Å². The van der Waals surface area contributed by atoms with Gasteiger partial charge >= 0.3 is 0 Å². The Kier molecular flexibility index (Phi) is 4.45. The zero-order chi connectivity index (χ0) is 15.4. The van der Waals surface area contributed by atoms with E-state index >= 15 is 0 Å². The Morgan fingerprint density at radius 3 is 2.71 bits per heavy atom. The first-order valence-corrected chi connectivity index (χ1v) is 6.54. The number of carbonyl (C=O) groups excluding carboxylic acids is 1. The molecule has 2 rings (SSSR count). The first-order valence-electron chi connectivity index (χ1n) is 6.16. The van der Waals surface area contributed by atoms with Crippen molar-refractivity contribution in [3.8, 4) is 5.75 Å². The number of hydrogen-bond donors (Lipinski definition) is 3. The molecule has 2 aromatic carbocycles. The second kappa shape index (κ2) is 6.28. The molecule has 0 aliphatic carbocycles. The van der Waals surface area contributed by atoms with Gasteiger partial charge in [0.05, 0.1) is 17.0 Å². The van der Waals surface area contributed by atoms with Crippen LogP contribution in [-0.2, 0) is 0 Å². The lowest BCUT2D eigenvalue weighted by molar-refractivity contribution is 0.0998. The third kappa shape index (κ3) is 3.73. The molecule has 4 N–H and O–H groups in total. The highest BCUT2D eigenvalue weighted by Crippen LogP contribution is 2.19.